The van der Waals surface area contributed by atoms with E-state index in [0.717, 1.165) is 24.5 Å². The lowest BCUT2D eigenvalue weighted by Crippen LogP contribution is -2.54. The van der Waals surface area contributed by atoms with Crippen LogP contribution in [-0.4, -0.2) is 11.7 Å². The molecular formula is C30H52OS. The van der Waals surface area contributed by atoms with Crippen molar-refractivity contribution in [2.75, 3.05) is 6.61 Å². The molecule has 1 nitrogen and oxygen atoms in total. The summed E-state index contributed by atoms with van der Waals surface area (Å²) in [4.78, 5) is 0. The van der Waals surface area contributed by atoms with Gasteiger partial charge in [0.1, 0.15) is 0 Å². The zero-order valence-electron chi connectivity index (χ0n) is 22.4. The third kappa shape index (κ3) is 9.16. The predicted octanol–water partition coefficient (Wildman–Crippen LogP) is 9.96. The Morgan fingerprint density at radius 2 is 1.12 bits per heavy atom. The highest BCUT2D eigenvalue weighted by Gasteiger charge is 2.54. The molecule has 1 aromatic carbocycles. The lowest BCUT2D eigenvalue weighted by molar-refractivity contribution is 0.0170. The summed E-state index contributed by atoms with van der Waals surface area (Å²) in [5, 5.41) is 0.799. The van der Waals surface area contributed by atoms with E-state index < -0.39 is 0 Å². The smallest absolute Gasteiger partial charge is 0.167 e. The zero-order chi connectivity index (χ0) is 24.1. The van der Waals surface area contributed by atoms with Gasteiger partial charge in [0.15, 0.2) is 5.05 Å². The quantitative estimate of drug-likeness (QED) is 0.190. The van der Waals surface area contributed by atoms with Crippen LogP contribution in [0, 0.1) is 16.2 Å². The fourth-order valence-electron chi connectivity index (χ4n) is 5.30. The molecule has 0 atom stereocenters. The molecule has 0 spiro atoms. The Balaban J connectivity index is 2.53. The molecule has 2 heteroatoms. The molecule has 0 saturated heterocycles. The maximum absolute atomic E-state index is 6.35. The van der Waals surface area contributed by atoms with Gasteiger partial charge in [0, 0.05) is 0 Å². The van der Waals surface area contributed by atoms with E-state index in [1.54, 1.807) is 0 Å². The van der Waals surface area contributed by atoms with Crippen LogP contribution >= 0.6 is 12.2 Å². The van der Waals surface area contributed by atoms with Crippen LogP contribution in [0.3, 0.4) is 0 Å². The summed E-state index contributed by atoms with van der Waals surface area (Å²) in [5.74, 6) is 0. The second kappa shape index (κ2) is 14.4. The SMILES string of the molecule is CCCCCCCCCCCCCOC(=S)C(Cc1ccccc1)(C(C)(C)C)C(C)(C)C. The van der Waals surface area contributed by atoms with Crippen molar-refractivity contribution < 1.29 is 4.74 Å². The molecule has 0 N–H and O–H groups in total. The molecule has 0 saturated carbocycles. The summed E-state index contributed by atoms with van der Waals surface area (Å²) in [6, 6.07) is 10.8. The Labute approximate surface area is 206 Å². The van der Waals surface area contributed by atoms with Crippen molar-refractivity contribution in [2.24, 2.45) is 16.2 Å². The Bertz CT molecular complexity index is 606. The van der Waals surface area contributed by atoms with Crippen LogP contribution in [0.5, 0.6) is 0 Å². The molecule has 1 rings (SSSR count). The number of hydrogen-bond donors (Lipinski definition) is 0. The lowest BCUT2D eigenvalue weighted by atomic mass is 9.52. The first kappa shape index (κ1) is 29.1. The van der Waals surface area contributed by atoms with Gasteiger partial charge >= 0.3 is 0 Å². The molecule has 0 fully saturated rings. The summed E-state index contributed by atoms with van der Waals surface area (Å²) in [6.07, 6.45) is 15.7. The number of unbranched alkanes of at least 4 members (excludes halogenated alkanes) is 10. The Hall–Kier alpha value is -0.890. The fraction of sp³-hybridized carbons (Fsp3) is 0.767. The number of benzene rings is 1. The standard InChI is InChI=1S/C30H52OS/c1-8-9-10-11-12-13-14-15-16-17-21-24-31-27(32)30(28(2,3)4,29(5,6)7)25-26-22-19-18-20-23-26/h18-20,22-23H,8-17,21,24-25H2,1-7H3. The highest BCUT2D eigenvalue weighted by atomic mass is 32.1. The lowest BCUT2D eigenvalue weighted by Gasteiger charge is -2.53. The first-order valence-corrected chi connectivity index (χ1v) is 13.7. The van der Waals surface area contributed by atoms with E-state index in [9.17, 15) is 0 Å². The van der Waals surface area contributed by atoms with Crippen LogP contribution in [-0.2, 0) is 11.2 Å². The Morgan fingerprint density at radius 1 is 0.688 bits per heavy atom. The Morgan fingerprint density at radius 3 is 1.56 bits per heavy atom. The number of ether oxygens (including phenoxy) is 1. The van der Waals surface area contributed by atoms with Crippen LogP contribution in [0.2, 0.25) is 0 Å². The first-order chi connectivity index (χ1) is 15.1. The van der Waals surface area contributed by atoms with E-state index in [2.05, 4.69) is 78.8 Å². The van der Waals surface area contributed by atoms with E-state index in [1.807, 2.05) is 0 Å². The van der Waals surface area contributed by atoms with Gasteiger partial charge in [0.25, 0.3) is 0 Å². The monoisotopic (exact) mass is 460 g/mol. The van der Waals surface area contributed by atoms with E-state index >= 15 is 0 Å². The van der Waals surface area contributed by atoms with Crippen LogP contribution in [0.15, 0.2) is 30.3 Å². The largest absolute Gasteiger partial charge is 0.486 e. The van der Waals surface area contributed by atoms with E-state index in [-0.39, 0.29) is 16.2 Å². The first-order valence-electron chi connectivity index (χ1n) is 13.3. The van der Waals surface area contributed by atoms with Gasteiger partial charge in [0.2, 0.25) is 0 Å². The summed E-state index contributed by atoms with van der Waals surface area (Å²) in [7, 11) is 0. The molecule has 1 aromatic rings. The summed E-state index contributed by atoms with van der Waals surface area (Å²) < 4.78 is 6.35. The molecule has 184 valence electrons. The number of thiocarbonyl (C=S) groups is 1. The van der Waals surface area contributed by atoms with E-state index in [1.165, 1.54) is 69.8 Å². The maximum atomic E-state index is 6.35. The van der Waals surface area contributed by atoms with E-state index in [0.29, 0.717) is 0 Å². The molecule has 0 aliphatic carbocycles. The maximum Gasteiger partial charge on any atom is 0.167 e. The van der Waals surface area contributed by atoms with Crippen molar-refractivity contribution in [3.05, 3.63) is 35.9 Å². The molecular weight excluding hydrogens is 408 g/mol. The van der Waals surface area contributed by atoms with Gasteiger partial charge in [-0.25, -0.2) is 0 Å². The predicted molar refractivity (Wildman–Crippen MR) is 146 cm³/mol. The minimum absolute atomic E-state index is 0.00466. The van der Waals surface area contributed by atoms with Gasteiger partial charge in [-0.2, -0.15) is 0 Å². The summed E-state index contributed by atoms with van der Waals surface area (Å²) in [5.41, 5.74) is 1.11. The molecule has 0 aliphatic rings. The van der Waals surface area contributed by atoms with E-state index in [4.69, 9.17) is 17.0 Å². The van der Waals surface area contributed by atoms with Crippen LogP contribution < -0.4 is 0 Å². The van der Waals surface area contributed by atoms with Gasteiger partial charge in [-0.1, -0.05) is 143 Å². The molecule has 0 aliphatic heterocycles. The van der Waals surface area contributed by atoms with Gasteiger partial charge < -0.3 is 4.74 Å². The fourth-order valence-corrected chi connectivity index (χ4v) is 6.06. The second-order valence-corrected chi connectivity index (χ2v) is 12.1. The van der Waals surface area contributed by atoms with Crippen molar-refractivity contribution in [1.82, 2.24) is 0 Å². The minimum atomic E-state index is -0.214. The average molecular weight is 461 g/mol. The van der Waals surface area contributed by atoms with Crippen molar-refractivity contribution in [1.29, 1.82) is 0 Å². The van der Waals surface area contributed by atoms with Gasteiger partial charge in [0.05, 0.1) is 12.0 Å². The zero-order valence-corrected chi connectivity index (χ0v) is 23.2. The topological polar surface area (TPSA) is 9.23 Å². The molecule has 0 bridgehead atoms. The molecule has 32 heavy (non-hydrogen) atoms. The Kier molecular flexibility index (Phi) is 13.1. The molecule has 0 aromatic heterocycles. The molecule has 0 radical (unpaired) electrons. The summed E-state index contributed by atoms with van der Waals surface area (Å²) >= 11 is 6.04. The average Bonchev–Trinajstić information content (AvgIpc) is 2.71. The van der Waals surface area contributed by atoms with Crippen molar-refractivity contribution in [2.45, 2.75) is 126 Å². The minimum Gasteiger partial charge on any atom is -0.486 e. The number of hydrogen-bond acceptors (Lipinski definition) is 2. The molecule has 0 unspecified atom stereocenters. The van der Waals surface area contributed by atoms with Crippen LogP contribution in [0.1, 0.15) is 125 Å². The second-order valence-electron chi connectivity index (χ2n) is 11.7. The van der Waals surface area contributed by atoms with Crippen molar-refractivity contribution >= 4 is 17.3 Å². The van der Waals surface area contributed by atoms with Crippen LogP contribution in [0.25, 0.3) is 0 Å². The van der Waals surface area contributed by atoms with Crippen molar-refractivity contribution in [3.8, 4) is 0 Å². The third-order valence-corrected chi connectivity index (χ3v) is 7.67. The highest BCUT2D eigenvalue weighted by Crippen LogP contribution is 2.55. The van der Waals surface area contributed by atoms with Gasteiger partial charge in [-0.15, -0.1) is 0 Å². The van der Waals surface area contributed by atoms with Gasteiger partial charge in [-0.3, -0.25) is 0 Å². The van der Waals surface area contributed by atoms with Crippen molar-refractivity contribution in [3.63, 3.8) is 0 Å². The summed E-state index contributed by atoms with van der Waals surface area (Å²) in [6.45, 7) is 16.9. The number of rotatable bonds is 15. The highest BCUT2D eigenvalue weighted by molar-refractivity contribution is 7.80. The third-order valence-electron chi connectivity index (χ3n) is 7.20. The normalized spacial score (nSPS) is 12.7. The molecule has 0 heterocycles. The van der Waals surface area contributed by atoms with Crippen LogP contribution in [0.4, 0.5) is 0 Å². The van der Waals surface area contributed by atoms with Gasteiger partial charge in [-0.05, 0) is 41.5 Å². The molecule has 0 amide bonds.